The summed E-state index contributed by atoms with van der Waals surface area (Å²) in [5, 5.41) is 0. The van der Waals surface area contributed by atoms with Gasteiger partial charge in [0.1, 0.15) is 0 Å². The maximum atomic E-state index is 5.73. The van der Waals surface area contributed by atoms with Crippen molar-refractivity contribution in [2.75, 3.05) is 26.7 Å². The van der Waals surface area contributed by atoms with E-state index >= 15 is 0 Å². The summed E-state index contributed by atoms with van der Waals surface area (Å²) in [5.41, 5.74) is 5.73. The summed E-state index contributed by atoms with van der Waals surface area (Å²) in [7, 11) is 2.19. The molecule has 0 saturated heterocycles. The van der Waals surface area contributed by atoms with Crippen LogP contribution in [0.4, 0.5) is 0 Å². The van der Waals surface area contributed by atoms with Crippen LogP contribution in [0, 0.1) is 17.8 Å². The molecule has 0 aliphatic heterocycles. The van der Waals surface area contributed by atoms with Gasteiger partial charge in [0.05, 0.1) is 0 Å². The largest absolute Gasteiger partial charge is 0.330 e. The first-order chi connectivity index (χ1) is 5.97. The lowest BCUT2D eigenvalue weighted by Crippen LogP contribution is -2.35. The summed E-state index contributed by atoms with van der Waals surface area (Å²) in [5.74, 6) is 2.08. The highest BCUT2D eigenvalue weighted by molar-refractivity contribution is 4.68. The highest BCUT2D eigenvalue weighted by atomic mass is 15.1. The van der Waals surface area contributed by atoms with Crippen LogP contribution in [-0.2, 0) is 0 Å². The summed E-state index contributed by atoms with van der Waals surface area (Å²) in [6, 6.07) is 0. The van der Waals surface area contributed by atoms with Crippen LogP contribution in [0.3, 0.4) is 0 Å². The first-order valence-corrected chi connectivity index (χ1v) is 5.36. The minimum Gasteiger partial charge on any atom is -0.330 e. The van der Waals surface area contributed by atoms with Crippen LogP contribution in [-0.4, -0.2) is 31.6 Å². The molecule has 0 fully saturated rings. The Morgan fingerprint density at radius 3 is 1.92 bits per heavy atom. The molecular formula is C11H26N2. The molecule has 0 aromatic heterocycles. The molecule has 0 spiro atoms. The molecule has 1 unspecified atom stereocenters. The number of hydrogen-bond acceptors (Lipinski definition) is 2. The van der Waals surface area contributed by atoms with Gasteiger partial charge in [-0.2, -0.15) is 0 Å². The summed E-state index contributed by atoms with van der Waals surface area (Å²) in [4.78, 5) is 2.39. The van der Waals surface area contributed by atoms with Crippen molar-refractivity contribution in [1.82, 2.24) is 4.90 Å². The van der Waals surface area contributed by atoms with Gasteiger partial charge in [0.25, 0.3) is 0 Å². The molecule has 0 heterocycles. The third-order valence-corrected chi connectivity index (χ3v) is 2.47. The van der Waals surface area contributed by atoms with E-state index in [2.05, 4.69) is 39.6 Å². The van der Waals surface area contributed by atoms with Gasteiger partial charge in [-0.3, -0.25) is 0 Å². The predicted molar refractivity (Wildman–Crippen MR) is 59.7 cm³/mol. The quantitative estimate of drug-likeness (QED) is 0.685. The SMILES string of the molecule is CC(C)CN(C)CC(CN)C(C)C. The Hall–Kier alpha value is -0.0800. The molecule has 0 bridgehead atoms. The Balaban J connectivity index is 3.79. The lowest BCUT2D eigenvalue weighted by atomic mass is 9.95. The normalized spacial score (nSPS) is 14.5. The van der Waals surface area contributed by atoms with Gasteiger partial charge < -0.3 is 10.6 Å². The van der Waals surface area contributed by atoms with Gasteiger partial charge in [0, 0.05) is 13.1 Å². The van der Waals surface area contributed by atoms with E-state index in [1.54, 1.807) is 0 Å². The zero-order valence-electron chi connectivity index (χ0n) is 9.88. The molecule has 0 rings (SSSR count). The number of rotatable bonds is 6. The van der Waals surface area contributed by atoms with Crippen LogP contribution in [0.5, 0.6) is 0 Å². The van der Waals surface area contributed by atoms with Crippen molar-refractivity contribution in [2.24, 2.45) is 23.5 Å². The Bertz CT molecular complexity index is 121. The summed E-state index contributed by atoms with van der Waals surface area (Å²) < 4.78 is 0. The second kappa shape index (κ2) is 6.39. The molecule has 0 aliphatic carbocycles. The van der Waals surface area contributed by atoms with Crippen molar-refractivity contribution < 1.29 is 0 Å². The van der Waals surface area contributed by atoms with Crippen LogP contribution in [0.25, 0.3) is 0 Å². The van der Waals surface area contributed by atoms with Crippen LogP contribution >= 0.6 is 0 Å². The fourth-order valence-electron chi connectivity index (χ4n) is 1.66. The zero-order chi connectivity index (χ0) is 10.4. The minimum absolute atomic E-state index is 0.642. The fraction of sp³-hybridized carbons (Fsp3) is 1.00. The van der Waals surface area contributed by atoms with Crippen molar-refractivity contribution in [3.05, 3.63) is 0 Å². The molecule has 0 amide bonds. The molecular weight excluding hydrogens is 160 g/mol. The van der Waals surface area contributed by atoms with Gasteiger partial charge in [-0.25, -0.2) is 0 Å². The van der Waals surface area contributed by atoms with Gasteiger partial charge in [-0.15, -0.1) is 0 Å². The van der Waals surface area contributed by atoms with E-state index in [1.165, 1.54) is 6.54 Å². The predicted octanol–water partition coefficient (Wildman–Crippen LogP) is 1.81. The monoisotopic (exact) mass is 186 g/mol. The molecule has 0 aliphatic rings. The van der Waals surface area contributed by atoms with Gasteiger partial charge in [0.2, 0.25) is 0 Å². The van der Waals surface area contributed by atoms with Crippen LogP contribution in [0.2, 0.25) is 0 Å². The number of nitrogens with two attached hydrogens (primary N) is 1. The molecule has 0 radical (unpaired) electrons. The average molecular weight is 186 g/mol. The van der Waals surface area contributed by atoms with Crippen molar-refractivity contribution >= 4 is 0 Å². The molecule has 80 valence electrons. The van der Waals surface area contributed by atoms with Crippen molar-refractivity contribution in [1.29, 1.82) is 0 Å². The highest BCUT2D eigenvalue weighted by Crippen LogP contribution is 2.11. The average Bonchev–Trinajstić information content (AvgIpc) is 1.98. The van der Waals surface area contributed by atoms with Gasteiger partial charge in [-0.05, 0) is 31.3 Å². The van der Waals surface area contributed by atoms with Gasteiger partial charge in [0.15, 0.2) is 0 Å². The lowest BCUT2D eigenvalue weighted by molar-refractivity contribution is 0.221. The zero-order valence-corrected chi connectivity index (χ0v) is 9.88. The number of nitrogens with zero attached hydrogens (tertiary/aromatic N) is 1. The van der Waals surface area contributed by atoms with E-state index in [-0.39, 0.29) is 0 Å². The summed E-state index contributed by atoms with van der Waals surface area (Å²) in [6.45, 7) is 12.1. The molecule has 0 aromatic carbocycles. The Morgan fingerprint density at radius 2 is 1.62 bits per heavy atom. The second-order valence-electron chi connectivity index (χ2n) is 4.85. The Kier molecular flexibility index (Phi) is 6.35. The van der Waals surface area contributed by atoms with E-state index in [9.17, 15) is 0 Å². The van der Waals surface area contributed by atoms with Crippen molar-refractivity contribution in [2.45, 2.75) is 27.7 Å². The first-order valence-electron chi connectivity index (χ1n) is 5.36. The molecule has 1 atom stereocenters. The summed E-state index contributed by atoms with van der Waals surface area (Å²) >= 11 is 0. The van der Waals surface area contributed by atoms with E-state index in [0.717, 1.165) is 19.0 Å². The molecule has 0 aromatic rings. The Labute approximate surface area is 83.5 Å². The Morgan fingerprint density at radius 1 is 1.08 bits per heavy atom. The van der Waals surface area contributed by atoms with Crippen molar-refractivity contribution in [3.8, 4) is 0 Å². The molecule has 0 saturated carbocycles. The van der Waals surface area contributed by atoms with E-state index in [4.69, 9.17) is 5.73 Å². The highest BCUT2D eigenvalue weighted by Gasteiger charge is 2.14. The smallest absolute Gasteiger partial charge is 0.00212 e. The molecule has 2 nitrogen and oxygen atoms in total. The van der Waals surface area contributed by atoms with E-state index in [0.29, 0.717) is 11.8 Å². The minimum atomic E-state index is 0.642. The first kappa shape index (κ1) is 12.9. The van der Waals surface area contributed by atoms with E-state index < -0.39 is 0 Å². The van der Waals surface area contributed by atoms with Gasteiger partial charge >= 0.3 is 0 Å². The third kappa shape index (κ3) is 6.05. The maximum Gasteiger partial charge on any atom is 0.00212 e. The molecule has 13 heavy (non-hydrogen) atoms. The topological polar surface area (TPSA) is 29.3 Å². The molecule has 2 heteroatoms. The lowest BCUT2D eigenvalue weighted by Gasteiger charge is -2.26. The maximum absolute atomic E-state index is 5.73. The fourth-order valence-corrected chi connectivity index (χ4v) is 1.66. The van der Waals surface area contributed by atoms with Crippen molar-refractivity contribution in [3.63, 3.8) is 0 Å². The van der Waals surface area contributed by atoms with Crippen LogP contribution in [0.15, 0.2) is 0 Å². The van der Waals surface area contributed by atoms with E-state index in [1.807, 2.05) is 0 Å². The third-order valence-electron chi connectivity index (χ3n) is 2.47. The number of hydrogen-bond donors (Lipinski definition) is 1. The van der Waals surface area contributed by atoms with Crippen LogP contribution < -0.4 is 5.73 Å². The summed E-state index contributed by atoms with van der Waals surface area (Å²) in [6.07, 6.45) is 0. The molecule has 2 N–H and O–H groups in total. The second-order valence-corrected chi connectivity index (χ2v) is 4.85. The van der Waals surface area contributed by atoms with Crippen LogP contribution in [0.1, 0.15) is 27.7 Å². The van der Waals surface area contributed by atoms with Gasteiger partial charge in [-0.1, -0.05) is 27.7 Å². The standard InChI is InChI=1S/C11H26N2/c1-9(2)7-13(5)8-11(6-12)10(3)4/h9-11H,6-8,12H2,1-5H3.